The van der Waals surface area contributed by atoms with E-state index in [1.807, 2.05) is 25.1 Å². The van der Waals surface area contributed by atoms with Gasteiger partial charge < -0.3 is 14.8 Å². The Morgan fingerprint density at radius 2 is 1.75 bits per heavy atom. The predicted octanol–water partition coefficient (Wildman–Crippen LogP) is 3.76. The monoisotopic (exact) mass is 275 g/mol. The lowest BCUT2D eigenvalue weighted by molar-refractivity contribution is 0.355. The normalized spacial score (nSPS) is 10.2. The summed E-state index contributed by atoms with van der Waals surface area (Å²) in [5, 5.41) is 3.25. The fraction of sp³-hybridized carbons (Fsp3) is 0.250. The van der Waals surface area contributed by atoms with Crippen LogP contribution in [0, 0.1) is 12.7 Å². The number of methoxy groups -OCH3 is 2. The quantitative estimate of drug-likeness (QED) is 0.901. The van der Waals surface area contributed by atoms with Crippen molar-refractivity contribution in [2.75, 3.05) is 19.5 Å². The van der Waals surface area contributed by atoms with E-state index in [1.165, 1.54) is 6.07 Å². The number of rotatable bonds is 5. The van der Waals surface area contributed by atoms with E-state index in [1.54, 1.807) is 26.4 Å². The molecule has 0 spiro atoms. The second-order valence-electron chi connectivity index (χ2n) is 4.49. The van der Waals surface area contributed by atoms with Gasteiger partial charge in [-0.3, -0.25) is 0 Å². The van der Waals surface area contributed by atoms with Crippen LogP contribution in [0.1, 0.15) is 11.1 Å². The second-order valence-corrected chi connectivity index (χ2v) is 4.49. The average Bonchev–Trinajstić information content (AvgIpc) is 2.47. The molecule has 106 valence electrons. The van der Waals surface area contributed by atoms with Crippen molar-refractivity contribution < 1.29 is 13.9 Å². The molecule has 0 fully saturated rings. The number of halogens is 1. The van der Waals surface area contributed by atoms with Gasteiger partial charge in [0.15, 0.2) is 11.5 Å². The van der Waals surface area contributed by atoms with Gasteiger partial charge in [0.05, 0.1) is 14.2 Å². The van der Waals surface area contributed by atoms with Crippen molar-refractivity contribution in [3.63, 3.8) is 0 Å². The molecule has 2 aromatic carbocycles. The number of anilines is 1. The first-order valence-corrected chi connectivity index (χ1v) is 6.35. The van der Waals surface area contributed by atoms with Crippen LogP contribution < -0.4 is 14.8 Å². The average molecular weight is 275 g/mol. The van der Waals surface area contributed by atoms with E-state index in [2.05, 4.69) is 5.32 Å². The Bertz CT molecular complexity index is 599. The minimum atomic E-state index is -0.222. The molecule has 0 heterocycles. The van der Waals surface area contributed by atoms with E-state index in [0.29, 0.717) is 18.0 Å². The van der Waals surface area contributed by atoms with Crippen molar-refractivity contribution in [2.45, 2.75) is 13.5 Å². The Balaban J connectivity index is 2.12. The number of nitrogens with one attached hydrogen (secondary N) is 1. The van der Waals surface area contributed by atoms with E-state index in [-0.39, 0.29) is 5.82 Å². The molecule has 0 aliphatic carbocycles. The minimum absolute atomic E-state index is 0.222. The lowest BCUT2D eigenvalue weighted by Gasteiger charge is -2.12. The standard InChI is InChI=1S/C16H18FNO2/c1-11-4-5-13(17)8-12(11)10-18-14-6-7-15(19-2)16(9-14)20-3/h4-9,18H,10H2,1-3H3. The molecular weight excluding hydrogens is 257 g/mol. The Hall–Kier alpha value is -2.23. The maximum absolute atomic E-state index is 13.2. The number of aryl methyl sites for hydroxylation is 1. The van der Waals surface area contributed by atoms with E-state index in [0.717, 1.165) is 16.8 Å². The Morgan fingerprint density at radius 3 is 2.45 bits per heavy atom. The Morgan fingerprint density at radius 1 is 1.00 bits per heavy atom. The number of benzene rings is 2. The van der Waals surface area contributed by atoms with Crippen LogP contribution in [0.5, 0.6) is 11.5 Å². The molecule has 0 bridgehead atoms. The molecule has 2 aromatic rings. The molecule has 0 amide bonds. The van der Waals surface area contributed by atoms with Crippen molar-refractivity contribution in [1.29, 1.82) is 0 Å². The highest BCUT2D eigenvalue weighted by atomic mass is 19.1. The van der Waals surface area contributed by atoms with Crippen LogP contribution >= 0.6 is 0 Å². The minimum Gasteiger partial charge on any atom is -0.493 e. The summed E-state index contributed by atoms with van der Waals surface area (Å²) >= 11 is 0. The van der Waals surface area contributed by atoms with E-state index >= 15 is 0 Å². The van der Waals surface area contributed by atoms with Crippen molar-refractivity contribution in [1.82, 2.24) is 0 Å². The van der Waals surface area contributed by atoms with Crippen LogP contribution in [-0.2, 0) is 6.54 Å². The van der Waals surface area contributed by atoms with Gasteiger partial charge in [-0.1, -0.05) is 6.07 Å². The highest BCUT2D eigenvalue weighted by Gasteiger charge is 2.05. The molecule has 0 unspecified atom stereocenters. The first kappa shape index (κ1) is 14.2. The Labute approximate surface area is 118 Å². The molecule has 1 N–H and O–H groups in total. The van der Waals surface area contributed by atoms with Gasteiger partial charge in [0.25, 0.3) is 0 Å². The summed E-state index contributed by atoms with van der Waals surface area (Å²) in [5.74, 6) is 1.12. The highest BCUT2D eigenvalue weighted by Crippen LogP contribution is 2.30. The van der Waals surface area contributed by atoms with E-state index in [4.69, 9.17) is 9.47 Å². The maximum atomic E-state index is 13.2. The van der Waals surface area contributed by atoms with Crippen LogP contribution in [0.15, 0.2) is 36.4 Å². The first-order chi connectivity index (χ1) is 9.63. The van der Waals surface area contributed by atoms with Crippen molar-refractivity contribution in [3.05, 3.63) is 53.3 Å². The predicted molar refractivity (Wildman–Crippen MR) is 78.0 cm³/mol. The lowest BCUT2D eigenvalue weighted by atomic mass is 10.1. The summed E-state index contributed by atoms with van der Waals surface area (Å²) in [4.78, 5) is 0. The Kier molecular flexibility index (Phi) is 4.45. The van der Waals surface area contributed by atoms with Crippen LogP contribution in [0.3, 0.4) is 0 Å². The lowest BCUT2D eigenvalue weighted by Crippen LogP contribution is -2.02. The van der Waals surface area contributed by atoms with E-state index < -0.39 is 0 Å². The summed E-state index contributed by atoms with van der Waals surface area (Å²) < 4.78 is 23.7. The third kappa shape index (κ3) is 3.20. The molecule has 0 aliphatic heterocycles. The maximum Gasteiger partial charge on any atom is 0.162 e. The van der Waals surface area contributed by atoms with Gasteiger partial charge >= 0.3 is 0 Å². The number of ether oxygens (including phenoxy) is 2. The number of hydrogen-bond donors (Lipinski definition) is 1. The third-order valence-electron chi connectivity index (χ3n) is 3.18. The zero-order valence-corrected chi connectivity index (χ0v) is 11.9. The topological polar surface area (TPSA) is 30.5 Å². The van der Waals surface area contributed by atoms with Crippen LogP contribution in [0.2, 0.25) is 0 Å². The summed E-state index contributed by atoms with van der Waals surface area (Å²) in [7, 11) is 3.19. The van der Waals surface area contributed by atoms with Gasteiger partial charge in [-0.2, -0.15) is 0 Å². The molecule has 3 nitrogen and oxygen atoms in total. The zero-order chi connectivity index (χ0) is 14.5. The summed E-state index contributed by atoms with van der Waals surface area (Å²) in [5.41, 5.74) is 2.88. The van der Waals surface area contributed by atoms with Crippen molar-refractivity contribution >= 4 is 5.69 Å². The largest absolute Gasteiger partial charge is 0.493 e. The molecule has 0 saturated carbocycles. The smallest absolute Gasteiger partial charge is 0.162 e. The highest BCUT2D eigenvalue weighted by molar-refractivity contribution is 5.55. The molecule has 0 saturated heterocycles. The van der Waals surface area contributed by atoms with Gasteiger partial charge in [-0.15, -0.1) is 0 Å². The fourth-order valence-electron chi connectivity index (χ4n) is 1.97. The second kappa shape index (κ2) is 6.28. The van der Waals surface area contributed by atoms with Gasteiger partial charge in [0.1, 0.15) is 5.82 Å². The molecular formula is C16H18FNO2. The van der Waals surface area contributed by atoms with Gasteiger partial charge in [0.2, 0.25) is 0 Å². The third-order valence-corrected chi connectivity index (χ3v) is 3.18. The van der Waals surface area contributed by atoms with Crippen LogP contribution in [0.4, 0.5) is 10.1 Å². The fourth-order valence-corrected chi connectivity index (χ4v) is 1.97. The molecule has 0 aromatic heterocycles. The summed E-state index contributed by atoms with van der Waals surface area (Å²) in [6.07, 6.45) is 0. The van der Waals surface area contributed by atoms with Gasteiger partial charge in [-0.05, 0) is 42.3 Å². The summed E-state index contributed by atoms with van der Waals surface area (Å²) in [6.45, 7) is 2.52. The van der Waals surface area contributed by atoms with Gasteiger partial charge in [-0.25, -0.2) is 4.39 Å². The molecule has 2 rings (SSSR count). The van der Waals surface area contributed by atoms with E-state index in [9.17, 15) is 4.39 Å². The first-order valence-electron chi connectivity index (χ1n) is 6.35. The van der Waals surface area contributed by atoms with Crippen LogP contribution in [-0.4, -0.2) is 14.2 Å². The molecule has 20 heavy (non-hydrogen) atoms. The molecule has 4 heteroatoms. The zero-order valence-electron chi connectivity index (χ0n) is 11.9. The van der Waals surface area contributed by atoms with Crippen molar-refractivity contribution in [3.8, 4) is 11.5 Å². The molecule has 0 radical (unpaired) electrons. The van der Waals surface area contributed by atoms with Crippen molar-refractivity contribution in [2.24, 2.45) is 0 Å². The summed E-state index contributed by atoms with van der Waals surface area (Å²) in [6, 6.07) is 10.4. The van der Waals surface area contributed by atoms with Crippen LogP contribution in [0.25, 0.3) is 0 Å². The number of hydrogen-bond acceptors (Lipinski definition) is 3. The molecule has 0 atom stereocenters. The molecule has 0 aliphatic rings. The van der Waals surface area contributed by atoms with Gasteiger partial charge in [0, 0.05) is 18.3 Å². The SMILES string of the molecule is COc1ccc(NCc2cc(F)ccc2C)cc1OC.